The summed E-state index contributed by atoms with van der Waals surface area (Å²) in [4.78, 5) is 41.8. The van der Waals surface area contributed by atoms with Gasteiger partial charge in [-0.2, -0.15) is 5.10 Å². The van der Waals surface area contributed by atoms with Crippen molar-refractivity contribution in [3.05, 3.63) is 101 Å². The first-order valence-electron chi connectivity index (χ1n) is 11.4. The van der Waals surface area contributed by atoms with Gasteiger partial charge in [0.1, 0.15) is 0 Å². The summed E-state index contributed by atoms with van der Waals surface area (Å²) in [5.74, 6) is 9.04. The Morgan fingerprint density at radius 1 is 1.00 bits per heavy atom. The Hall–Kier alpha value is -4.50. The molecule has 1 amide bonds. The molecule has 1 aliphatic heterocycles. The van der Waals surface area contributed by atoms with Crippen molar-refractivity contribution in [2.45, 2.75) is 24.9 Å². The quantitative estimate of drug-likeness (QED) is 0.146. The number of nitrogens with zero attached hydrogens (tertiary/aromatic N) is 3. The zero-order chi connectivity index (χ0) is 25.7. The van der Waals surface area contributed by atoms with Crippen LogP contribution in [-0.2, 0) is 22.6 Å². The number of benzene rings is 3. The number of anilines is 1. The molecule has 0 aromatic heterocycles. The van der Waals surface area contributed by atoms with Gasteiger partial charge in [-0.15, -0.1) is 0 Å². The average Bonchev–Trinajstić information content (AvgIpc) is 2.97. The first-order chi connectivity index (χ1) is 17.4. The van der Waals surface area contributed by atoms with Gasteiger partial charge in [0.2, 0.25) is 5.54 Å². The van der Waals surface area contributed by atoms with Crippen LogP contribution in [0.5, 0.6) is 0 Å². The van der Waals surface area contributed by atoms with Crippen LogP contribution >= 0.6 is 0 Å². The number of hydrazone groups is 1. The number of fused-ring (bicyclic) bond motifs is 1. The summed E-state index contributed by atoms with van der Waals surface area (Å²) in [5, 5.41) is 14.4. The van der Waals surface area contributed by atoms with Crippen LogP contribution in [0.1, 0.15) is 33.5 Å². The van der Waals surface area contributed by atoms with Crippen molar-refractivity contribution < 1.29 is 19.5 Å². The smallest absolute Gasteiger partial charge is 0.306 e. The van der Waals surface area contributed by atoms with Gasteiger partial charge in [0.25, 0.3) is 5.91 Å². The van der Waals surface area contributed by atoms with Crippen LogP contribution in [-0.4, -0.2) is 46.0 Å². The summed E-state index contributed by atoms with van der Waals surface area (Å²) in [6.45, 7) is 0.474. The van der Waals surface area contributed by atoms with Crippen molar-refractivity contribution in [2.75, 3.05) is 11.6 Å². The second kappa shape index (κ2) is 10.4. The lowest BCUT2D eigenvalue weighted by Crippen LogP contribution is -2.67. The van der Waals surface area contributed by atoms with Crippen LogP contribution in [0.4, 0.5) is 5.69 Å². The van der Waals surface area contributed by atoms with E-state index in [1.807, 2.05) is 42.5 Å². The fourth-order valence-corrected chi connectivity index (χ4v) is 4.53. The highest BCUT2D eigenvalue weighted by molar-refractivity contribution is 6.22. The van der Waals surface area contributed by atoms with Gasteiger partial charge in [-0.25, -0.2) is 5.84 Å². The molecule has 0 aliphatic carbocycles. The van der Waals surface area contributed by atoms with Gasteiger partial charge in [-0.3, -0.25) is 19.4 Å². The number of amides is 1. The van der Waals surface area contributed by atoms with E-state index in [2.05, 4.69) is 5.10 Å². The maximum absolute atomic E-state index is 14.2. The van der Waals surface area contributed by atoms with Crippen LogP contribution in [0, 0.1) is 0 Å². The maximum atomic E-state index is 14.2. The lowest BCUT2D eigenvalue weighted by molar-refractivity contribution is -0.144. The van der Waals surface area contributed by atoms with E-state index >= 15 is 0 Å². The minimum absolute atomic E-state index is 0.150. The molecule has 3 aromatic rings. The molecule has 1 heterocycles. The summed E-state index contributed by atoms with van der Waals surface area (Å²) in [7, 11) is 0. The fourth-order valence-electron chi connectivity index (χ4n) is 4.53. The molecule has 184 valence electrons. The molecule has 0 fully saturated rings. The Kier molecular flexibility index (Phi) is 7.12. The summed E-state index contributed by atoms with van der Waals surface area (Å²) in [6.07, 6.45) is 1.14. The van der Waals surface area contributed by atoms with Gasteiger partial charge in [-0.05, 0) is 29.2 Å². The number of carbonyl (C=O) groups is 3. The van der Waals surface area contributed by atoms with Crippen molar-refractivity contribution in [3.63, 3.8) is 0 Å². The third kappa shape index (κ3) is 4.69. The normalized spacial score (nSPS) is 17.6. The number of carboxylic acid groups (broad SMARTS) is 1. The van der Waals surface area contributed by atoms with Gasteiger partial charge in [0.05, 0.1) is 18.3 Å². The van der Waals surface area contributed by atoms with E-state index in [0.717, 1.165) is 16.1 Å². The van der Waals surface area contributed by atoms with E-state index in [9.17, 15) is 19.5 Å². The molecule has 36 heavy (non-hydrogen) atoms. The zero-order valence-electron chi connectivity index (χ0n) is 19.6. The van der Waals surface area contributed by atoms with Gasteiger partial charge in [-0.1, -0.05) is 72.8 Å². The number of ketones is 1. The molecular weight excluding hydrogens is 458 g/mol. The second-order valence-corrected chi connectivity index (χ2v) is 8.62. The number of Topliss-reactive ketones (excluding diaryl/α,β-unsaturated/α-hetero) is 1. The van der Waals surface area contributed by atoms with E-state index in [4.69, 9.17) is 11.7 Å². The van der Waals surface area contributed by atoms with Crippen LogP contribution in [0.25, 0.3) is 0 Å². The van der Waals surface area contributed by atoms with Crippen molar-refractivity contribution >= 4 is 29.6 Å². The van der Waals surface area contributed by atoms with E-state index in [1.54, 1.807) is 24.3 Å². The van der Waals surface area contributed by atoms with Crippen molar-refractivity contribution in [3.8, 4) is 0 Å². The van der Waals surface area contributed by atoms with Crippen LogP contribution in [0.15, 0.2) is 84.0 Å². The molecule has 5 N–H and O–H groups in total. The molecular formula is C27H27N5O4. The Labute approximate surface area is 208 Å². The van der Waals surface area contributed by atoms with Gasteiger partial charge < -0.3 is 15.8 Å². The first kappa shape index (κ1) is 24.6. The van der Waals surface area contributed by atoms with E-state index in [-0.39, 0.29) is 18.7 Å². The predicted octanol–water partition coefficient (Wildman–Crippen LogP) is 2.34. The second-order valence-electron chi connectivity index (χ2n) is 8.62. The molecule has 1 unspecified atom stereocenters. The van der Waals surface area contributed by atoms with Crippen LogP contribution < -0.4 is 16.7 Å². The fraction of sp³-hybridized carbons (Fsp3) is 0.185. The lowest BCUT2D eigenvalue weighted by atomic mass is 9.83. The lowest BCUT2D eigenvalue weighted by Gasteiger charge is -2.39. The number of rotatable bonds is 8. The minimum atomic E-state index is -2.18. The highest BCUT2D eigenvalue weighted by Crippen LogP contribution is 2.36. The molecule has 3 aromatic carbocycles. The monoisotopic (exact) mass is 485 g/mol. The molecule has 0 saturated carbocycles. The largest absolute Gasteiger partial charge is 0.481 e. The Morgan fingerprint density at radius 2 is 1.67 bits per heavy atom. The Bertz CT molecular complexity index is 1290. The summed E-state index contributed by atoms with van der Waals surface area (Å²) >= 11 is 0. The molecule has 0 saturated heterocycles. The van der Waals surface area contributed by atoms with Gasteiger partial charge in [0, 0.05) is 18.7 Å². The number of aliphatic carboxylic acids is 1. The number of nitrogens with two attached hydrogens (primary N) is 2. The number of carbonyl (C=O) groups excluding carboxylic acids is 2. The number of hydrazine groups is 1. The standard InChI is InChI=1S/C27H27N5O4/c28-30-17-20-10-12-21(13-11-20)25(35)27(16-24(33)34)26(36)31(15-14-19-6-2-1-3-7-19)18-22-8-4-5-9-23(22)32(27)29/h1-13,17H,14-16,18,28-29H2,(H,33,34). The minimum Gasteiger partial charge on any atom is -0.481 e. The number of hydrogen-bond acceptors (Lipinski definition) is 7. The molecule has 4 rings (SSSR count). The highest BCUT2D eigenvalue weighted by atomic mass is 16.4. The Morgan fingerprint density at radius 3 is 2.33 bits per heavy atom. The molecule has 0 bridgehead atoms. The number of hydrogen-bond donors (Lipinski definition) is 3. The zero-order valence-corrected chi connectivity index (χ0v) is 19.6. The Balaban J connectivity index is 1.82. The third-order valence-electron chi connectivity index (χ3n) is 6.36. The SMILES string of the molecule is NN=Cc1ccc(C(=O)C2(CC(=O)O)C(=O)N(CCc3ccccc3)Cc3ccccc3N2N)cc1. The van der Waals surface area contributed by atoms with Crippen molar-refractivity contribution in [1.29, 1.82) is 0 Å². The molecule has 1 aliphatic rings. The predicted molar refractivity (Wildman–Crippen MR) is 136 cm³/mol. The van der Waals surface area contributed by atoms with E-state index in [0.29, 0.717) is 17.7 Å². The summed E-state index contributed by atoms with van der Waals surface area (Å²) in [5.41, 5.74) is 0.772. The van der Waals surface area contributed by atoms with Crippen LogP contribution in [0.2, 0.25) is 0 Å². The van der Waals surface area contributed by atoms with Gasteiger partial charge >= 0.3 is 5.97 Å². The van der Waals surface area contributed by atoms with E-state index in [1.165, 1.54) is 23.2 Å². The third-order valence-corrected chi connectivity index (χ3v) is 6.36. The maximum Gasteiger partial charge on any atom is 0.306 e. The topological polar surface area (TPSA) is 142 Å². The molecule has 9 heteroatoms. The first-order valence-corrected chi connectivity index (χ1v) is 11.4. The molecule has 0 radical (unpaired) electrons. The number of carboxylic acids is 1. The van der Waals surface area contributed by atoms with Gasteiger partial charge in [0.15, 0.2) is 5.78 Å². The molecule has 0 spiro atoms. The highest BCUT2D eigenvalue weighted by Gasteiger charge is 2.55. The molecule has 9 nitrogen and oxygen atoms in total. The molecule has 1 atom stereocenters. The summed E-state index contributed by atoms with van der Waals surface area (Å²) < 4.78 is 0. The van der Waals surface area contributed by atoms with Crippen molar-refractivity contribution in [2.24, 2.45) is 16.8 Å². The van der Waals surface area contributed by atoms with Crippen LogP contribution in [0.3, 0.4) is 0 Å². The average molecular weight is 486 g/mol. The number of para-hydroxylation sites is 1. The van der Waals surface area contributed by atoms with E-state index < -0.39 is 29.6 Å². The summed E-state index contributed by atoms with van der Waals surface area (Å²) in [6, 6.07) is 22.9. The van der Waals surface area contributed by atoms with Crippen molar-refractivity contribution in [1.82, 2.24) is 4.90 Å².